The zero-order valence-corrected chi connectivity index (χ0v) is 16.1. The molecule has 1 atom stereocenters. The lowest BCUT2D eigenvalue weighted by Gasteiger charge is -2.26. The molecule has 1 aliphatic carbocycles. The molecule has 3 N–H and O–H groups in total. The molecular formula is C19H27ClN4O3. The number of amides is 2. The van der Waals surface area contributed by atoms with Gasteiger partial charge in [0.1, 0.15) is 5.82 Å². The van der Waals surface area contributed by atoms with Gasteiger partial charge in [-0.2, -0.15) is 0 Å². The van der Waals surface area contributed by atoms with Gasteiger partial charge < -0.3 is 10.2 Å². The number of aromatic nitrogens is 1. The minimum absolute atomic E-state index is 0. The molecule has 2 fully saturated rings. The van der Waals surface area contributed by atoms with Crippen LogP contribution in [-0.4, -0.2) is 46.0 Å². The van der Waals surface area contributed by atoms with Crippen LogP contribution in [0.4, 0.5) is 5.82 Å². The van der Waals surface area contributed by atoms with E-state index in [0.29, 0.717) is 5.91 Å². The van der Waals surface area contributed by atoms with E-state index >= 15 is 0 Å². The molecule has 1 aromatic heterocycles. The monoisotopic (exact) mass is 394 g/mol. The van der Waals surface area contributed by atoms with Gasteiger partial charge in [0.15, 0.2) is 0 Å². The van der Waals surface area contributed by atoms with Crippen LogP contribution in [-0.2, 0) is 9.59 Å². The SMILES string of the molecule is Cl.O=C(/C=C/c1ccc(NC2CCN(C(=O)C3CCCCC3)C2)nc1)NO. The first-order chi connectivity index (χ1) is 12.7. The molecule has 8 heteroatoms. The molecule has 1 aromatic rings. The Balaban J connectivity index is 0.00000261. The standard InChI is InChI=1S/C19H26N4O3.ClH/c24-18(22-26)9-7-14-6-8-17(20-12-14)21-16-10-11-23(13-16)19(25)15-4-2-1-3-5-15;/h6-9,12,15-16,26H,1-5,10-11,13H2,(H,20,21)(H,22,24);1H/b9-7+;. The topological polar surface area (TPSA) is 94.6 Å². The summed E-state index contributed by atoms with van der Waals surface area (Å²) in [7, 11) is 0. The van der Waals surface area contributed by atoms with E-state index in [1.807, 2.05) is 17.0 Å². The van der Waals surface area contributed by atoms with Crippen LogP contribution in [0.15, 0.2) is 24.4 Å². The smallest absolute Gasteiger partial charge is 0.267 e. The van der Waals surface area contributed by atoms with E-state index in [0.717, 1.165) is 43.7 Å². The number of likely N-dealkylation sites (tertiary alicyclic amines) is 1. The van der Waals surface area contributed by atoms with Crippen molar-refractivity contribution in [2.75, 3.05) is 18.4 Å². The fourth-order valence-corrected chi connectivity index (χ4v) is 3.69. The number of hydroxylamine groups is 1. The van der Waals surface area contributed by atoms with Crippen molar-refractivity contribution in [3.63, 3.8) is 0 Å². The van der Waals surface area contributed by atoms with Gasteiger partial charge in [-0.1, -0.05) is 19.3 Å². The highest BCUT2D eigenvalue weighted by Gasteiger charge is 2.31. The summed E-state index contributed by atoms with van der Waals surface area (Å²) in [5.74, 6) is 0.721. The molecule has 148 valence electrons. The lowest BCUT2D eigenvalue weighted by molar-refractivity contribution is -0.135. The highest BCUT2D eigenvalue weighted by Crippen LogP contribution is 2.27. The molecule has 2 aliphatic rings. The summed E-state index contributed by atoms with van der Waals surface area (Å²) in [4.78, 5) is 29.9. The fraction of sp³-hybridized carbons (Fsp3) is 0.526. The van der Waals surface area contributed by atoms with Gasteiger partial charge in [-0.25, -0.2) is 10.5 Å². The third kappa shape index (κ3) is 5.94. The summed E-state index contributed by atoms with van der Waals surface area (Å²) in [5, 5.41) is 11.8. The maximum Gasteiger partial charge on any atom is 0.267 e. The summed E-state index contributed by atoms with van der Waals surface area (Å²) in [6.07, 6.45) is 11.1. The molecule has 0 radical (unpaired) electrons. The van der Waals surface area contributed by atoms with E-state index in [1.165, 1.54) is 25.3 Å². The summed E-state index contributed by atoms with van der Waals surface area (Å²) in [6.45, 7) is 1.54. The molecule has 0 aromatic carbocycles. The first kappa shape index (κ1) is 21.2. The van der Waals surface area contributed by atoms with Crippen molar-refractivity contribution in [1.29, 1.82) is 0 Å². The molecular weight excluding hydrogens is 368 g/mol. The summed E-state index contributed by atoms with van der Waals surface area (Å²) >= 11 is 0. The van der Waals surface area contributed by atoms with Crippen LogP contribution in [0.2, 0.25) is 0 Å². The number of halogens is 1. The molecule has 2 heterocycles. The van der Waals surface area contributed by atoms with Crippen molar-refractivity contribution in [2.45, 2.75) is 44.6 Å². The van der Waals surface area contributed by atoms with Crippen LogP contribution < -0.4 is 10.8 Å². The number of hydrogen-bond donors (Lipinski definition) is 3. The van der Waals surface area contributed by atoms with Crippen molar-refractivity contribution in [3.8, 4) is 0 Å². The Morgan fingerprint density at radius 1 is 1.19 bits per heavy atom. The molecule has 2 amide bonds. The number of carbonyl (C=O) groups is 2. The number of nitrogens with one attached hydrogen (secondary N) is 2. The number of pyridine rings is 1. The Morgan fingerprint density at radius 3 is 2.63 bits per heavy atom. The van der Waals surface area contributed by atoms with Crippen LogP contribution >= 0.6 is 12.4 Å². The number of rotatable bonds is 5. The van der Waals surface area contributed by atoms with Gasteiger partial charge in [-0.3, -0.25) is 14.8 Å². The normalized spacial score (nSPS) is 20.3. The van der Waals surface area contributed by atoms with E-state index < -0.39 is 5.91 Å². The van der Waals surface area contributed by atoms with Crippen molar-refractivity contribution in [3.05, 3.63) is 30.0 Å². The van der Waals surface area contributed by atoms with Crippen LogP contribution in [0.3, 0.4) is 0 Å². The number of nitrogens with zero attached hydrogens (tertiary/aromatic N) is 2. The van der Waals surface area contributed by atoms with Crippen molar-refractivity contribution >= 4 is 36.1 Å². The second-order valence-electron chi connectivity index (χ2n) is 7.04. The van der Waals surface area contributed by atoms with Crippen LogP contribution in [0.25, 0.3) is 6.08 Å². The van der Waals surface area contributed by atoms with Gasteiger partial charge in [0.2, 0.25) is 5.91 Å². The minimum atomic E-state index is -0.583. The van der Waals surface area contributed by atoms with Gasteiger partial charge in [0.05, 0.1) is 0 Å². The molecule has 1 aliphatic heterocycles. The number of anilines is 1. The molecule has 3 rings (SSSR count). The van der Waals surface area contributed by atoms with Crippen molar-refractivity contribution in [2.24, 2.45) is 5.92 Å². The lowest BCUT2D eigenvalue weighted by Crippen LogP contribution is -2.36. The Labute approximate surface area is 165 Å². The molecule has 0 spiro atoms. The predicted octanol–water partition coefficient (Wildman–Crippen LogP) is 2.62. The van der Waals surface area contributed by atoms with E-state index in [4.69, 9.17) is 5.21 Å². The summed E-state index contributed by atoms with van der Waals surface area (Å²) in [6, 6.07) is 3.91. The van der Waals surface area contributed by atoms with E-state index in [9.17, 15) is 9.59 Å². The zero-order chi connectivity index (χ0) is 18.4. The second kappa shape index (κ2) is 10.3. The van der Waals surface area contributed by atoms with Crippen LogP contribution in [0.5, 0.6) is 0 Å². The maximum atomic E-state index is 12.6. The van der Waals surface area contributed by atoms with Crippen molar-refractivity contribution < 1.29 is 14.8 Å². The Hall–Kier alpha value is -2.12. The third-order valence-electron chi connectivity index (χ3n) is 5.13. The summed E-state index contributed by atoms with van der Waals surface area (Å²) in [5.41, 5.74) is 2.30. The Bertz CT molecular complexity index is 659. The quantitative estimate of drug-likeness (QED) is 0.405. The Morgan fingerprint density at radius 2 is 1.96 bits per heavy atom. The largest absolute Gasteiger partial charge is 0.365 e. The van der Waals surface area contributed by atoms with Gasteiger partial charge >= 0.3 is 0 Å². The van der Waals surface area contributed by atoms with Gasteiger partial charge in [-0.05, 0) is 43.0 Å². The lowest BCUT2D eigenvalue weighted by atomic mass is 9.88. The fourth-order valence-electron chi connectivity index (χ4n) is 3.69. The maximum absolute atomic E-state index is 12.6. The minimum Gasteiger partial charge on any atom is -0.365 e. The molecule has 0 bridgehead atoms. The number of carbonyl (C=O) groups excluding carboxylic acids is 2. The average Bonchev–Trinajstić information content (AvgIpc) is 3.15. The highest BCUT2D eigenvalue weighted by atomic mass is 35.5. The molecule has 1 saturated carbocycles. The Kier molecular flexibility index (Phi) is 8.06. The van der Waals surface area contributed by atoms with Gasteiger partial charge in [-0.15, -0.1) is 12.4 Å². The van der Waals surface area contributed by atoms with Gasteiger partial charge in [0.25, 0.3) is 5.91 Å². The van der Waals surface area contributed by atoms with E-state index in [-0.39, 0.29) is 24.4 Å². The first-order valence-corrected chi connectivity index (χ1v) is 9.29. The number of hydrogen-bond acceptors (Lipinski definition) is 5. The predicted molar refractivity (Wildman–Crippen MR) is 106 cm³/mol. The average molecular weight is 395 g/mol. The zero-order valence-electron chi connectivity index (χ0n) is 15.3. The highest BCUT2D eigenvalue weighted by molar-refractivity contribution is 5.90. The summed E-state index contributed by atoms with van der Waals surface area (Å²) < 4.78 is 0. The van der Waals surface area contributed by atoms with Crippen LogP contribution in [0.1, 0.15) is 44.1 Å². The second-order valence-corrected chi connectivity index (χ2v) is 7.04. The molecule has 1 unspecified atom stereocenters. The molecule has 27 heavy (non-hydrogen) atoms. The van der Waals surface area contributed by atoms with E-state index in [2.05, 4.69) is 10.3 Å². The molecule has 7 nitrogen and oxygen atoms in total. The third-order valence-corrected chi connectivity index (χ3v) is 5.13. The van der Waals surface area contributed by atoms with E-state index in [1.54, 1.807) is 17.8 Å². The van der Waals surface area contributed by atoms with Crippen molar-refractivity contribution in [1.82, 2.24) is 15.4 Å². The van der Waals surface area contributed by atoms with Crippen LogP contribution in [0, 0.1) is 5.92 Å². The van der Waals surface area contributed by atoms with Gasteiger partial charge in [0, 0.05) is 37.3 Å². The molecule has 1 saturated heterocycles. The first-order valence-electron chi connectivity index (χ1n) is 9.29.